The number of hydrogen-bond acceptors (Lipinski definition) is 3. The van der Waals surface area contributed by atoms with E-state index in [1.807, 2.05) is 4.90 Å². The minimum atomic E-state index is 0.0919. The third kappa shape index (κ3) is 2.63. The highest BCUT2D eigenvalue weighted by atomic mass is 16.2. The molecular weight excluding hydrogens is 214 g/mol. The Morgan fingerprint density at radius 1 is 1.29 bits per heavy atom. The average molecular weight is 239 g/mol. The van der Waals surface area contributed by atoms with Crippen LogP contribution in [-0.4, -0.2) is 54.0 Å². The van der Waals surface area contributed by atoms with Gasteiger partial charge in [-0.25, -0.2) is 0 Å². The fourth-order valence-electron chi connectivity index (χ4n) is 2.93. The summed E-state index contributed by atoms with van der Waals surface area (Å²) in [5, 5.41) is 0. The molecule has 1 aliphatic heterocycles. The maximum atomic E-state index is 12.4. The minimum absolute atomic E-state index is 0.0919. The van der Waals surface area contributed by atoms with Crippen LogP contribution in [0.2, 0.25) is 0 Å². The number of amides is 1. The molecule has 17 heavy (non-hydrogen) atoms. The van der Waals surface area contributed by atoms with Crippen molar-refractivity contribution >= 4 is 5.91 Å². The Kier molecular flexibility index (Phi) is 3.46. The van der Waals surface area contributed by atoms with Gasteiger partial charge in [0.25, 0.3) is 0 Å². The summed E-state index contributed by atoms with van der Waals surface area (Å²) >= 11 is 0. The predicted molar refractivity (Wildman–Crippen MR) is 68.6 cm³/mol. The van der Waals surface area contributed by atoms with Crippen LogP contribution >= 0.6 is 0 Å². The van der Waals surface area contributed by atoms with Crippen molar-refractivity contribution in [2.45, 2.75) is 44.7 Å². The highest BCUT2D eigenvalue weighted by Crippen LogP contribution is 2.28. The van der Waals surface area contributed by atoms with E-state index in [-0.39, 0.29) is 17.5 Å². The van der Waals surface area contributed by atoms with E-state index in [0.717, 1.165) is 38.9 Å². The molecule has 1 aliphatic carbocycles. The first-order valence-corrected chi connectivity index (χ1v) is 6.66. The second kappa shape index (κ2) is 4.58. The SMILES string of the molecule is CN1CCN(C(=O)C2CCC(N)C2)CC1(C)C. The Bertz CT molecular complexity index is 303. The van der Waals surface area contributed by atoms with Gasteiger partial charge in [-0.15, -0.1) is 0 Å². The number of nitrogens with two attached hydrogens (primary N) is 1. The topological polar surface area (TPSA) is 49.6 Å². The summed E-state index contributed by atoms with van der Waals surface area (Å²) < 4.78 is 0. The molecule has 0 spiro atoms. The largest absolute Gasteiger partial charge is 0.339 e. The molecular formula is C13H25N3O. The molecule has 0 aromatic rings. The van der Waals surface area contributed by atoms with Crippen molar-refractivity contribution in [2.24, 2.45) is 11.7 Å². The maximum absolute atomic E-state index is 12.4. The summed E-state index contributed by atoms with van der Waals surface area (Å²) in [6.45, 7) is 7.08. The smallest absolute Gasteiger partial charge is 0.225 e. The van der Waals surface area contributed by atoms with Crippen molar-refractivity contribution in [3.8, 4) is 0 Å². The van der Waals surface area contributed by atoms with Crippen molar-refractivity contribution < 1.29 is 4.79 Å². The van der Waals surface area contributed by atoms with Gasteiger partial charge in [0, 0.05) is 37.1 Å². The summed E-state index contributed by atoms with van der Waals surface area (Å²) in [5.74, 6) is 0.517. The molecule has 2 unspecified atom stereocenters. The zero-order chi connectivity index (χ0) is 12.6. The van der Waals surface area contributed by atoms with Crippen LogP contribution in [0.25, 0.3) is 0 Å². The maximum Gasteiger partial charge on any atom is 0.225 e. The molecule has 4 nitrogen and oxygen atoms in total. The molecule has 2 atom stereocenters. The number of carbonyl (C=O) groups excluding carboxylic acids is 1. The monoisotopic (exact) mass is 239 g/mol. The van der Waals surface area contributed by atoms with E-state index in [0.29, 0.717) is 5.91 Å². The van der Waals surface area contributed by atoms with Crippen LogP contribution in [0.15, 0.2) is 0 Å². The van der Waals surface area contributed by atoms with Crippen LogP contribution in [-0.2, 0) is 4.79 Å². The molecule has 2 N–H and O–H groups in total. The summed E-state index contributed by atoms with van der Waals surface area (Å²) in [5.41, 5.74) is 5.98. The molecule has 0 aromatic heterocycles. The highest BCUT2D eigenvalue weighted by Gasteiger charge is 2.37. The van der Waals surface area contributed by atoms with Crippen molar-refractivity contribution in [1.82, 2.24) is 9.80 Å². The van der Waals surface area contributed by atoms with E-state index in [1.54, 1.807) is 0 Å². The molecule has 2 fully saturated rings. The third-order valence-electron chi connectivity index (χ3n) is 4.45. The number of hydrogen-bond donors (Lipinski definition) is 1. The molecule has 2 rings (SSSR count). The number of nitrogens with zero attached hydrogens (tertiary/aromatic N) is 2. The lowest BCUT2D eigenvalue weighted by molar-refractivity contribution is -0.139. The van der Waals surface area contributed by atoms with E-state index in [9.17, 15) is 4.79 Å². The fourth-order valence-corrected chi connectivity index (χ4v) is 2.93. The van der Waals surface area contributed by atoms with Crippen LogP contribution in [0.5, 0.6) is 0 Å². The van der Waals surface area contributed by atoms with Crippen LogP contribution in [0.4, 0.5) is 0 Å². The minimum Gasteiger partial charge on any atom is -0.339 e. The van der Waals surface area contributed by atoms with Gasteiger partial charge in [0.2, 0.25) is 5.91 Å². The highest BCUT2D eigenvalue weighted by molar-refractivity contribution is 5.79. The quantitative estimate of drug-likeness (QED) is 0.731. The van der Waals surface area contributed by atoms with Gasteiger partial charge in [0.05, 0.1) is 0 Å². The first kappa shape index (κ1) is 12.8. The van der Waals surface area contributed by atoms with Crippen LogP contribution in [0, 0.1) is 5.92 Å². The molecule has 98 valence electrons. The van der Waals surface area contributed by atoms with Crippen LogP contribution in [0.3, 0.4) is 0 Å². The molecule has 1 amide bonds. The lowest BCUT2D eigenvalue weighted by Gasteiger charge is -2.46. The Labute approximate surface area is 104 Å². The lowest BCUT2D eigenvalue weighted by atomic mass is 9.97. The van der Waals surface area contributed by atoms with Crippen molar-refractivity contribution in [1.29, 1.82) is 0 Å². The number of rotatable bonds is 1. The van der Waals surface area contributed by atoms with E-state index in [4.69, 9.17) is 5.73 Å². The fraction of sp³-hybridized carbons (Fsp3) is 0.923. The van der Waals surface area contributed by atoms with Crippen molar-refractivity contribution in [3.63, 3.8) is 0 Å². The summed E-state index contributed by atoms with van der Waals surface area (Å²) in [6.07, 6.45) is 2.87. The van der Waals surface area contributed by atoms with Gasteiger partial charge in [-0.2, -0.15) is 0 Å². The van der Waals surface area contributed by atoms with Gasteiger partial charge in [-0.3, -0.25) is 9.69 Å². The molecule has 1 heterocycles. The van der Waals surface area contributed by atoms with Gasteiger partial charge < -0.3 is 10.6 Å². The van der Waals surface area contributed by atoms with E-state index >= 15 is 0 Å². The van der Waals surface area contributed by atoms with Crippen LogP contribution < -0.4 is 5.73 Å². The van der Waals surface area contributed by atoms with Gasteiger partial charge in [-0.1, -0.05) is 0 Å². The Morgan fingerprint density at radius 3 is 2.53 bits per heavy atom. The van der Waals surface area contributed by atoms with Gasteiger partial charge in [0.1, 0.15) is 0 Å². The molecule has 0 bridgehead atoms. The molecule has 4 heteroatoms. The second-order valence-electron chi connectivity index (χ2n) is 6.26. The standard InChI is InChI=1S/C13H25N3O/c1-13(2)9-16(7-6-15(13)3)12(17)10-4-5-11(14)8-10/h10-11H,4-9,14H2,1-3H3. The lowest BCUT2D eigenvalue weighted by Crippen LogP contribution is -2.59. The Balaban J connectivity index is 1.97. The molecule has 2 aliphatic rings. The number of likely N-dealkylation sites (N-methyl/N-ethyl adjacent to an activating group) is 1. The normalized spacial score (nSPS) is 34.0. The van der Waals surface area contributed by atoms with Gasteiger partial charge >= 0.3 is 0 Å². The Morgan fingerprint density at radius 2 is 2.00 bits per heavy atom. The zero-order valence-corrected chi connectivity index (χ0v) is 11.3. The summed E-state index contributed by atoms with van der Waals surface area (Å²) in [7, 11) is 2.13. The first-order chi connectivity index (χ1) is 7.90. The second-order valence-corrected chi connectivity index (χ2v) is 6.26. The number of piperazine rings is 1. The van der Waals surface area contributed by atoms with Crippen LogP contribution in [0.1, 0.15) is 33.1 Å². The van der Waals surface area contributed by atoms with Crippen molar-refractivity contribution in [2.75, 3.05) is 26.7 Å². The van der Waals surface area contributed by atoms with Gasteiger partial charge in [-0.05, 0) is 40.2 Å². The average Bonchev–Trinajstić information content (AvgIpc) is 2.68. The van der Waals surface area contributed by atoms with E-state index in [2.05, 4.69) is 25.8 Å². The number of carbonyl (C=O) groups is 1. The van der Waals surface area contributed by atoms with Crippen molar-refractivity contribution in [3.05, 3.63) is 0 Å². The summed E-state index contributed by atoms with van der Waals surface area (Å²) in [4.78, 5) is 16.8. The Hall–Kier alpha value is -0.610. The predicted octanol–water partition coefficient (Wildman–Crippen LogP) is 0.666. The van der Waals surface area contributed by atoms with E-state index in [1.165, 1.54) is 0 Å². The molecule has 1 saturated carbocycles. The molecule has 0 radical (unpaired) electrons. The van der Waals surface area contributed by atoms with Gasteiger partial charge in [0.15, 0.2) is 0 Å². The summed E-state index contributed by atoms with van der Waals surface area (Å²) in [6, 6.07) is 0.240. The third-order valence-corrected chi connectivity index (χ3v) is 4.45. The van der Waals surface area contributed by atoms with E-state index < -0.39 is 0 Å². The zero-order valence-electron chi connectivity index (χ0n) is 11.3. The molecule has 0 aromatic carbocycles. The molecule has 1 saturated heterocycles. The first-order valence-electron chi connectivity index (χ1n) is 6.66.